The van der Waals surface area contributed by atoms with Gasteiger partial charge in [-0.2, -0.15) is 4.31 Å². The highest BCUT2D eigenvalue weighted by atomic mass is 35.5. The normalized spacial score (nSPS) is 14.8. The van der Waals surface area contributed by atoms with Gasteiger partial charge in [0.1, 0.15) is 5.58 Å². The lowest BCUT2D eigenvalue weighted by Crippen LogP contribution is -2.27. The molecule has 0 amide bonds. The van der Waals surface area contributed by atoms with Crippen molar-refractivity contribution in [2.24, 2.45) is 0 Å². The maximum Gasteiger partial charge on any atom is 0.374 e. The van der Waals surface area contributed by atoms with Crippen LogP contribution in [0.1, 0.15) is 33.8 Å². The summed E-state index contributed by atoms with van der Waals surface area (Å²) in [6.07, 6.45) is 1.69. The number of fused-ring (bicyclic) bond motifs is 1. The molecular formula is C21H18ClNO6S. The van der Waals surface area contributed by atoms with E-state index >= 15 is 0 Å². The van der Waals surface area contributed by atoms with Crippen LogP contribution < -0.4 is 0 Å². The number of carbonyl (C=O) groups is 2. The summed E-state index contributed by atoms with van der Waals surface area (Å²) in [7, 11) is -3.54. The SMILES string of the molecule is O=C(COC(=O)c1cc2cc(Cl)ccc2o1)c1ccc(S(=O)(=O)N2CCCC2)cc1. The molecule has 9 heteroatoms. The van der Waals surface area contributed by atoms with E-state index < -0.39 is 28.4 Å². The van der Waals surface area contributed by atoms with Crippen LogP contribution in [-0.2, 0) is 14.8 Å². The minimum atomic E-state index is -3.54. The monoisotopic (exact) mass is 447 g/mol. The Morgan fingerprint density at radius 1 is 1.03 bits per heavy atom. The van der Waals surface area contributed by atoms with Crippen molar-refractivity contribution >= 4 is 44.3 Å². The highest BCUT2D eigenvalue weighted by Crippen LogP contribution is 2.24. The number of Topliss-reactive ketones (excluding diaryl/α,β-unsaturated/α-hetero) is 1. The molecule has 0 bridgehead atoms. The van der Waals surface area contributed by atoms with Gasteiger partial charge in [-0.3, -0.25) is 4.79 Å². The van der Waals surface area contributed by atoms with Crippen molar-refractivity contribution in [3.8, 4) is 0 Å². The molecule has 0 unspecified atom stereocenters. The summed E-state index contributed by atoms with van der Waals surface area (Å²) >= 11 is 5.91. The molecule has 1 fully saturated rings. The van der Waals surface area contributed by atoms with Crippen molar-refractivity contribution < 1.29 is 27.2 Å². The van der Waals surface area contributed by atoms with Crippen molar-refractivity contribution in [1.82, 2.24) is 4.31 Å². The van der Waals surface area contributed by atoms with Crippen molar-refractivity contribution in [2.45, 2.75) is 17.7 Å². The third-order valence-corrected chi connectivity index (χ3v) is 7.04. The van der Waals surface area contributed by atoms with Crippen molar-refractivity contribution in [2.75, 3.05) is 19.7 Å². The molecule has 0 atom stereocenters. The number of hydrogen-bond acceptors (Lipinski definition) is 6. The Labute approximate surface area is 178 Å². The third-order valence-electron chi connectivity index (χ3n) is 4.89. The zero-order valence-corrected chi connectivity index (χ0v) is 17.4. The first-order valence-corrected chi connectivity index (χ1v) is 11.2. The van der Waals surface area contributed by atoms with Crippen molar-refractivity contribution in [3.63, 3.8) is 0 Å². The van der Waals surface area contributed by atoms with E-state index in [0.717, 1.165) is 12.8 Å². The Morgan fingerprint density at radius 3 is 2.43 bits per heavy atom. The van der Waals surface area contributed by atoms with Crippen LogP contribution in [0.25, 0.3) is 11.0 Å². The minimum absolute atomic E-state index is 0.0351. The number of hydrogen-bond donors (Lipinski definition) is 0. The average Bonchev–Trinajstić information content (AvgIpc) is 3.42. The third kappa shape index (κ3) is 4.12. The smallest absolute Gasteiger partial charge is 0.374 e. The lowest BCUT2D eigenvalue weighted by molar-refractivity contribution is 0.0446. The quantitative estimate of drug-likeness (QED) is 0.420. The number of esters is 1. The van der Waals surface area contributed by atoms with Gasteiger partial charge in [0.15, 0.2) is 12.4 Å². The largest absolute Gasteiger partial charge is 0.451 e. The highest BCUT2D eigenvalue weighted by molar-refractivity contribution is 7.89. The van der Waals surface area contributed by atoms with Crippen molar-refractivity contribution in [1.29, 1.82) is 0 Å². The van der Waals surface area contributed by atoms with Gasteiger partial charge in [-0.05, 0) is 61.4 Å². The van der Waals surface area contributed by atoms with E-state index in [1.54, 1.807) is 18.2 Å². The summed E-state index contributed by atoms with van der Waals surface area (Å²) in [6.45, 7) is 0.523. The van der Waals surface area contributed by atoms with Gasteiger partial charge in [-0.15, -0.1) is 0 Å². The van der Waals surface area contributed by atoms with Crippen LogP contribution in [-0.4, -0.2) is 44.2 Å². The Morgan fingerprint density at radius 2 is 1.73 bits per heavy atom. The van der Waals surface area contributed by atoms with Gasteiger partial charge in [-0.1, -0.05) is 11.6 Å². The van der Waals surface area contributed by atoms with Crippen LogP contribution in [0.4, 0.5) is 0 Å². The molecule has 156 valence electrons. The van der Waals surface area contributed by atoms with Gasteiger partial charge >= 0.3 is 5.97 Å². The van der Waals surface area contributed by atoms with E-state index in [1.807, 2.05) is 0 Å². The maximum absolute atomic E-state index is 12.5. The summed E-state index contributed by atoms with van der Waals surface area (Å²) < 4.78 is 37.0. The number of rotatable bonds is 6. The molecule has 0 saturated carbocycles. The minimum Gasteiger partial charge on any atom is -0.451 e. The summed E-state index contributed by atoms with van der Waals surface area (Å²) in [5.41, 5.74) is 0.729. The Hall–Kier alpha value is -2.68. The predicted octanol–water partition coefficient (Wildman–Crippen LogP) is 3.91. The molecule has 1 aromatic heterocycles. The van der Waals surface area contributed by atoms with Crippen LogP contribution in [0.3, 0.4) is 0 Å². The van der Waals surface area contributed by atoms with E-state index in [-0.39, 0.29) is 16.2 Å². The zero-order chi connectivity index (χ0) is 21.3. The van der Waals surface area contributed by atoms with Gasteiger partial charge < -0.3 is 9.15 Å². The van der Waals surface area contributed by atoms with Gasteiger partial charge in [0.25, 0.3) is 0 Å². The topological polar surface area (TPSA) is 93.9 Å². The van der Waals surface area contributed by atoms with Gasteiger partial charge in [0.05, 0.1) is 4.90 Å². The second kappa shape index (κ2) is 8.22. The molecule has 1 aliphatic rings. The molecule has 0 N–H and O–H groups in total. The van der Waals surface area contributed by atoms with Gasteiger partial charge in [0.2, 0.25) is 15.8 Å². The van der Waals surface area contributed by atoms with E-state index in [0.29, 0.717) is 29.1 Å². The van der Waals surface area contributed by atoms with Crippen LogP contribution in [0.15, 0.2) is 57.8 Å². The van der Waals surface area contributed by atoms with E-state index in [9.17, 15) is 18.0 Å². The number of furan rings is 1. The summed E-state index contributed by atoms with van der Waals surface area (Å²) in [4.78, 5) is 24.6. The molecule has 7 nitrogen and oxygen atoms in total. The maximum atomic E-state index is 12.5. The first-order chi connectivity index (χ1) is 14.3. The standard InChI is InChI=1S/C21H18ClNO6S/c22-16-5-8-19-15(11-16)12-20(29-19)21(25)28-13-18(24)14-3-6-17(7-4-14)30(26,27)23-9-1-2-10-23/h3-8,11-12H,1-2,9-10,13H2. The molecule has 0 radical (unpaired) electrons. The number of ketones is 1. The van der Waals surface area contributed by atoms with Crippen LogP contribution in [0.5, 0.6) is 0 Å². The summed E-state index contributed by atoms with van der Waals surface area (Å²) in [5.74, 6) is -1.26. The van der Waals surface area contributed by atoms with Crippen LogP contribution >= 0.6 is 11.6 Å². The zero-order valence-electron chi connectivity index (χ0n) is 15.8. The Kier molecular flexibility index (Phi) is 5.64. The van der Waals surface area contributed by atoms with E-state index in [2.05, 4.69) is 0 Å². The van der Waals surface area contributed by atoms with E-state index in [1.165, 1.54) is 34.6 Å². The first kappa shape index (κ1) is 20.6. The molecule has 1 saturated heterocycles. The number of carbonyl (C=O) groups excluding carboxylic acids is 2. The fraction of sp³-hybridized carbons (Fsp3) is 0.238. The molecule has 30 heavy (non-hydrogen) atoms. The molecule has 3 aromatic rings. The second-order valence-corrected chi connectivity index (χ2v) is 9.30. The van der Waals surface area contributed by atoms with Gasteiger partial charge in [0, 0.05) is 29.1 Å². The lowest BCUT2D eigenvalue weighted by Gasteiger charge is -2.15. The molecule has 4 rings (SSSR count). The lowest BCUT2D eigenvalue weighted by atomic mass is 10.1. The van der Waals surface area contributed by atoms with Gasteiger partial charge in [-0.25, -0.2) is 13.2 Å². The number of nitrogens with zero attached hydrogens (tertiary/aromatic N) is 1. The number of sulfonamides is 1. The fourth-order valence-corrected chi connectivity index (χ4v) is 4.99. The van der Waals surface area contributed by atoms with Crippen molar-refractivity contribution in [3.05, 3.63) is 64.9 Å². The molecule has 1 aliphatic heterocycles. The molecule has 0 aliphatic carbocycles. The second-order valence-electron chi connectivity index (χ2n) is 6.93. The number of benzene rings is 2. The predicted molar refractivity (Wildman–Crippen MR) is 110 cm³/mol. The van der Waals surface area contributed by atoms with E-state index in [4.69, 9.17) is 20.8 Å². The average molecular weight is 448 g/mol. The molecular weight excluding hydrogens is 430 g/mol. The van der Waals surface area contributed by atoms with Crippen LogP contribution in [0, 0.1) is 0 Å². The Balaban J connectivity index is 1.40. The fourth-order valence-electron chi connectivity index (χ4n) is 3.29. The first-order valence-electron chi connectivity index (χ1n) is 9.34. The highest BCUT2D eigenvalue weighted by Gasteiger charge is 2.27. The van der Waals surface area contributed by atoms with Crippen LogP contribution in [0.2, 0.25) is 5.02 Å². The molecule has 0 spiro atoms. The summed E-state index contributed by atoms with van der Waals surface area (Å²) in [6, 6.07) is 12.0. The molecule has 2 aromatic carbocycles. The summed E-state index contributed by atoms with van der Waals surface area (Å²) in [5, 5.41) is 1.16. The number of ether oxygens (including phenoxy) is 1. The molecule has 2 heterocycles. The Bertz CT molecular complexity index is 1210. The number of halogens is 1.